The predicted octanol–water partition coefficient (Wildman–Crippen LogP) is 4.75. The lowest BCUT2D eigenvalue weighted by atomic mass is 10.0. The molecule has 0 aliphatic carbocycles. The fourth-order valence-electron chi connectivity index (χ4n) is 3.34. The number of benzene rings is 2. The van der Waals surface area contributed by atoms with Gasteiger partial charge in [0.05, 0.1) is 0 Å². The van der Waals surface area contributed by atoms with Crippen LogP contribution >= 0.6 is 27.7 Å². The first-order chi connectivity index (χ1) is 13.9. The fourth-order valence-corrected chi connectivity index (χ4v) is 4.62. The zero-order valence-corrected chi connectivity index (χ0v) is 18.8. The highest BCUT2D eigenvalue weighted by Crippen LogP contribution is 2.37. The maximum atomic E-state index is 13.2. The molecule has 154 valence electrons. The number of fused-ring (bicyclic) bond motifs is 1. The monoisotopic (exact) mass is 477 g/mol. The Morgan fingerprint density at radius 2 is 1.97 bits per heavy atom. The van der Waals surface area contributed by atoms with Crippen molar-refractivity contribution >= 4 is 39.6 Å². The van der Waals surface area contributed by atoms with E-state index in [4.69, 9.17) is 4.74 Å². The number of halogens is 1. The number of carboxylic acids is 1. The van der Waals surface area contributed by atoms with Crippen LogP contribution < -0.4 is 4.74 Å². The Morgan fingerprint density at radius 1 is 1.24 bits per heavy atom. The molecule has 1 amide bonds. The lowest BCUT2D eigenvalue weighted by molar-refractivity contribution is -0.153. The number of thioether (sulfide) groups is 1. The third kappa shape index (κ3) is 5.14. The SMILES string of the molecule is CC(C)C1Oc2ccc(Br)cc2C(C(=O)O)N(CCSCc2ccccc2)C1=O. The molecule has 1 heterocycles. The van der Waals surface area contributed by atoms with Crippen LogP contribution in [0.25, 0.3) is 0 Å². The normalized spacial score (nSPS) is 18.9. The highest BCUT2D eigenvalue weighted by atomic mass is 79.9. The Balaban J connectivity index is 1.84. The molecule has 1 aliphatic rings. The van der Waals surface area contributed by atoms with Crippen molar-refractivity contribution in [2.45, 2.75) is 31.7 Å². The second kappa shape index (κ2) is 9.67. The minimum absolute atomic E-state index is 0.0778. The van der Waals surface area contributed by atoms with E-state index in [9.17, 15) is 14.7 Å². The van der Waals surface area contributed by atoms with Gasteiger partial charge in [-0.2, -0.15) is 11.8 Å². The second-order valence-corrected chi connectivity index (χ2v) is 9.30. The Hall–Kier alpha value is -1.99. The molecule has 29 heavy (non-hydrogen) atoms. The van der Waals surface area contributed by atoms with Crippen molar-refractivity contribution in [1.82, 2.24) is 4.90 Å². The van der Waals surface area contributed by atoms with Gasteiger partial charge in [-0.15, -0.1) is 0 Å². The number of hydrogen-bond donors (Lipinski definition) is 1. The molecule has 2 unspecified atom stereocenters. The predicted molar refractivity (Wildman–Crippen MR) is 118 cm³/mol. The van der Waals surface area contributed by atoms with Crippen LogP contribution in [0.15, 0.2) is 53.0 Å². The van der Waals surface area contributed by atoms with Crippen molar-refractivity contribution in [2.75, 3.05) is 12.3 Å². The van der Waals surface area contributed by atoms with Crippen molar-refractivity contribution in [3.05, 3.63) is 64.1 Å². The smallest absolute Gasteiger partial charge is 0.331 e. The van der Waals surface area contributed by atoms with Crippen molar-refractivity contribution in [3.63, 3.8) is 0 Å². The van der Waals surface area contributed by atoms with Crippen LogP contribution in [0, 0.1) is 5.92 Å². The van der Waals surface area contributed by atoms with Crippen LogP contribution in [0.2, 0.25) is 0 Å². The molecule has 2 atom stereocenters. The number of hydrogen-bond acceptors (Lipinski definition) is 4. The molecule has 2 aromatic rings. The number of ether oxygens (including phenoxy) is 1. The van der Waals surface area contributed by atoms with E-state index in [-0.39, 0.29) is 11.8 Å². The van der Waals surface area contributed by atoms with Crippen LogP contribution in [0.3, 0.4) is 0 Å². The molecule has 0 fully saturated rings. The number of rotatable bonds is 7. The molecule has 5 nitrogen and oxygen atoms in total. The summed E-state index contributed by atoms with van der Waals surface area (Å²) in [6, 6.07) is 14.3. The summed E-state index contributed by atoms with van der Waals surface area (Å²) in [5, 5.41) is 9.98. The van der Waals surface area contributed by atoms with Gasteiger partial charge in [-0.1, -0.05) is 60.1 Å². The number of aliphatic carboxylic acids is 1. The van der Waals surface area contributed by atoms with E-state index in [0.717, 1.165) is 10.2 Å². The number of amides is 1. The van der Waals surface area contributed by atoms with Crippen molar-refractivity contribution in [2.24, 2.45) is 5.92 Å². The van der Waals surface area contributed by atoms with Gasteiger partial charge in [0.2, 0.25) is 0 Å². The van der Waals surface area contributed by atoms with Crippen molar-refractivity contribution in [1.29, 1.82) is 0 Å². The molecule has 0 spiro atoms. The summed E-state index contributed by atoms with van der Waals surface area (Å²) in [6.45, 7) is 4.15. The first kappa shape index (κ1) is 21.7. The standard InChI is InChI=1S/C22H24BrNO4S/c1-14(2)20-21(25)24(10-11-29-13-15-6-4-3-5-7-15)19(22(26)27)17-12-16(23)8-9-18(17)28-20/h3-9,12,14,19-20H,10-11,13H2,1-2H3,(H,26,27). The number of carbonyl (C=O) groups is 2. The topological polar surface area (TPSA) is 66.8 Å². The van der Waals surface area contributed by atoms with Gasteiger partial charge < -0.3 is 14.7 Å². The van der Waals surface area contributed by atoms with E-state index in [1.165, 1.54) is 10.5 Å². The average molecular weight is 478 g/mol. The highest BCUT2D eigenvalue weighted by Gasteiger charge is 2.41. The highest BCUT2D eigenvalue weighted by molar-refractivity contribution is 9.10. The summed E-state index contributed by atoms with van der Waals surface area (Å²) >= 11 is 5.09. The average Bonchev–Trinajstić information content (AvgIpc) is 2.80. The van der Waals surface area contributed by atoms with E-state index in [1.807, 2.05) is 32.0 Å². The molecular weight excluding hydrogens is 454 g/mol. The molecule has 1 N–H and O–H groups in total. The molecule has 0 bridgehead atoms. The van der Waals surface area contributed by atoms with Crippen LogP contribution in [0.1, 0.15) is 31.0 Å². The van der Waals surface area contributed by atoms with Gasteiger partial charge in [-0.05, 0) is 29.7 Å². The van der Waals surface area contributed by atoms with Gasteiger partial charge in [0, 0.05) is 28.1 Å². The first-order valence-electron chi connectivity index (χ1n) is 9.49. The quantitative estimate of drug-likeness (QED) is 0.582. The number of carboxylic acid groups (broad SMARTS) is 1. The third-order valence-corrected chi connectivity index (χ3v) is 6.29. The summed E-state index contributed by atoms with van der Waals surface area (Å²) in [4.78, 5) is 26.9. The molecule has 0 radical (unpaired) electrons. The van der Waals surface area contributed by atoms with Gasteiger partial charge in [0.15, 0.2) is 12.1 Å². The summed E-state index contributed by atoms with van der Waals surface area (Å²) in [6.07, 6.45) is -0.710. The van der Waals surface area contributed by atoms with Crippen molar-refractivity contribution in [3.8, 4) is 5.75 Å². The summed E-state index contributed by atoms with van der Waals surface area (Å²) in [5.74, 6) is 0.489. The lowest BCUT2D eigenvalue weighted by Gasteiger charge is -2.29. The maximum Gasteiger partial charge on any atom is 0.331 e. The van der Waals surface area contributed by atoms with E-state index in [2.05, 4.69) is 28.1 Å². The van der Waals surface area contributed by atoms with Crippen LogP contribution in [-0.2, 0) is 15.3 Å². The van der Waals surface area contributed by atoms with Crippen LogP contribution in [0.5, 0.6) is 5.75 Å². The molecular formula is C22H24BrNO4S. The minimum atomic E-state index is -1.07. The summed E-state index contributed by atoms with van der Waals surface area (Å²) in [7, 11) is 0. The summed E-state index contributed by atoms with van der Waals surface area (Å²) in [5.41, 5.74) is 1.70. The molecule has 0 aromatic heterocycles. The van der Waals surface area contributed by atoms with Gasteiger partial charge >= 0.3 is 5.97 Å². The van der Waals surface area contributed by atoms with E-state index < -0.39 is 18.1 Å². The van der Waals surface area contributed by atoms with E-state index in [1.54, 1.807) is 30.0 Å². The lowest BCUT2D eigenvalue weighted by Crippen LogP contribution is -2.46. The Kier molecular flexibility index (Phi) is 7.24. The Morgan fingerprint density at radius 3 is 2.62 bits per heavy atom. The Bertz CT molecular complexity index is 874. The molecule has 2 aromatic carbocycles. The second-order valence-electron chi connectivity index (χ2n) is 7.28. The molecule has 7 heteroatoms. The van der Waals surface area contributed by atoms with Gasteiger partial charge in [-0.25, -0.2) is 4.79 Å². The van der Waals surface area contributed by atoms with Gasteiger partial charge in [0.25, 0.3) is 5.91 Å². The van der Waals surface area contributed by atoms with E-state index >= 15 is 0 Å². The third-order valence-electron chi connectivity index (χ3n) is 4.79. The molecule has 3 rings (SSSR count). The molecule has 0 saturated heterocycles. The number of nitrogens with zero attached hydrogens (tertiary/aromatic N) is 1. The maximum absolute atomic E-state index is 13.2. The zero-order chi connectivity index (χ0) is 21.0. The molecule has 0 saturated carbocycles. The van der Waals surface area contributed by atoms with E-state index in [0.29, 0.717) is 23.6 Å². The first-order valence-corrected chi connectivity index (χ1v) is 11.4. The van der Waals surface area contributed by atoms with Crippen LogP contribution in [0.4, 0.5) is 0 Å². The largest absolute Gasteiger partial charge is 0.480 e. The van der Waals surface area contributed by atoms with Gasteiger partial charge in [-0.3, -0.25) is 4.79 Å². The van der Waals surface area contributed by atoms with Crippen molar-refractivity contribution < 1.29 is 19.4 Å². The summed E-state index contributed by atoms with van der Waals surface area (Å²) < 4.78 is 6.74. The zero-order valence-electron chi connectivity index (χ0n) is 16.4. The van der Waals surface area contributed by atoms with Gasteiger partial charge in [0.1, 0.15) is 5.75 Å². The fraction of sp³-hybridized carbons (Fsp3) is 0.364. The number of carbonyl (C=O) groups excluding carboxylic acids is 1. The van der Waals surface area contributed by atoms with Crippen LogP contribution in [-0.4, -0.2) is 40.3 Å². The minimum Gasteiger partial charge on any atom is -0.480 e. The molecule has 1 aliphatic heterocycles. The Labute approximate surface area is 183 Å².